The van der Waals surface area contributed by atoms with Crippen LogP contribution in [0.15, 0.2) is 0 Å². The molecule has 2 aliphatic rings. The second-order valence-electron chi connectivity index (χ2n) is 6.47. The number of hydrogen-bond donors (Lipinski definition) is 1. The average molecular weight is 347 g/mol. The lowest BCUT2D eigenvalue weighted by molar-refractivity contribution is -0.185. The molecule has 2 atom stereocenters. The largest absolute Gasteiger partial charge is 0.391 e. The first-order valence-corrected chi connectivity index (χ1v) is 8.69. The first-order valence-electron chi connectivity index (χ1n) is 7.87. The van der Waals surface area contributed by atoms with Crippen molar-refractivity contribution in [1.82, 2.24) is 9.88 Å². The summed E-state index contributed by atoms with van der Waals surface area (Å²) in [6, 6.07) is 0. The van der Waals surface area contributed by atoms with Gasteiger partial charge in [-0.05, 0) is 26.3 Å². The van der Waals surface area contributed by atoms with Gasteiger partial charge in [0.25, 0.3) is 0 Å². The Balaban J connectivity index is 1.63. The maximum atomic E-state index is 12.8. The zero-order chi connectivity index (χ0) is 16.6. The van der Waals surface area contributed by atoms with Crippen LogP contribution in [0.5, 0.6) is 0 Å². The van der Waals surface area contributed by atoms with E-state index in [1.54, 1.807) is 0 Å². The number of alkyl halides is 3. The Morgan fingerprint density at radius 2 is 2.17 bits per heavy atom. The highest BCUT2D eigenvalue weighted by Gasteiger charge is 2.43. The van der Waals surface area contributed by atoms with E-state index >= 15 is 0 Å². The molecular weight excluding hydrogens is 327 g/mol. The average Bonchev–Trinajstić information content (AvgIpc) is 2.87. The number of anilines is 1. The minimum atomic E-state index is -4.20. The van der Waals surface area contributed by atoms with Gasteiger partial charge in [0.05, 0.1) is 11.6 Å². The first kappa shape index (κ1) is 16.7. The summed E-state index contributed by atoms with van der Waals surface area (Å²) >= 11 is 1.43. The number of aromatic nitrogens is 1. The van der Waals surface area contributed by atoms with Crippen LogP contribution < -0.4 is 5.32 Å². The molecule has 1 aromatic heterocycles. The van der Waals surface area contributed by atoms with Crippen molar-refractivity contribution in [3.8, 4) is 0 Å². The van der Waals surface area contributed by atoms with Gasteiger partial charge in [0, 0.05) is 30.3 Å². The molecule has 4 nitrogen and oxygen atoms in total. The van der Waals surface area contributed by atoms with Gasteiger partial charge < -0.3 is 10.2 Å². The summed E-state index contributed by atoms with van der Waals surface area (Å²) in [4.78, 5) is 20.0. The third-order valence-electron chi connectivity index (χ3n) is 4.66. The standard InChI is InChI=1S/C15H20F3N3OS/c1-21-6-5-11-12(8-21)23-14(19-11)20-13(22)9-3-2-4-10(7-9)15(16,17)18/h9-10H,2-8H2,1H3,(H,19,20,22)/t9-,10+/m1/s1. The van der Waals surface area contributed by atoms with Crippen LogP contribution >= 0.6 is 11.3 Å². The number of carbonyl (C=O) groups excluding carboxylic acids is 1. The molecule has 3 rings (SSSR count). The first-order chi connectivity index (χ1) is 10.8. The van der Waals surface area contributed by atoms with Gasteiger partial charge in [-0.1, -0.05) is 6.42 Å². The molecular formula is C15H20F3N3OS. The van der Waals surface area contributed by atoms with Crippen LogP contribution in [0.3, 0.4) is 0 Å². The van der Waals surface area contributed by atoms with E-state index in [0.29, 0.717) is 18.0 Å². The monoisotopic (exact) mass is 347 g/mol. The maximum Gasteiger partial charge on any atom is 0.391 e. The molecule has 1 saturated carbocycles. The zero-order valence-corrected chi connectivity index (χ0v) is 13.8. The van der Waals surface area contributed by atoms with E-state index in [9.17, 15) is 18.0 Å². The van der Waals surface area contributed by atoms with Crippen LogP contribution in [-0.4, -0.2) is 35.6 Å². The summed E-state index contributed by atoms with van der Waals surface area (Å²) in [5.41, 5.74) is 1.00. The highest BCUT2D eigenvalue weighted by atomic mass is 32.1. The minimum absolute atomic E-state index is 0.108. The van der Waals surface area contributed by atoms with Crippen molar-refractivity contribution in [2.75, 3.05) is 18.9 Å². The van der Waals surface area contributed by atoms with Crippen molar-refractivity contribution in [3.63, 3.8) is 0 Å². The van der Waals surface area contributed by atoms with Gasteiger partial charge in [-0.25, -0.2) is 4.98 Å². The molecule has 128 valence electrons. The van der Waals surface area contributed by atoms with Crippen molar-refractivity contribution in [2.45, 2.75) is 44.8 Å². The van der Waals surface area contributed by atoms with E-state index < -0.39 is 18.0 Å². The number of halogens is 3. The van der Waals surface area contributed by atoms with Crippen molar-refractivity contribution < 1.29 is 18.0 Å². The molecule has 8 heteroatoms. The fourth-order valence-corrected chi connectivity index (χ4v) is 4.40. The third kappa shape index (κ3) is 3.85. The molecule has 23 heavy (non-hydrogen) atoms. The van der Waals surface area contributed by atoms with Crippen LogP contribution in [0.4, 0.5) is 18.3 Å². The number of fused-ring (bicyclic) bond motifs is 1. The van der Waals surface area contributed by atoms with Crippen LogP contribution in [-0.2, 0) is 17.8 Å². The van der Waals surface area contributed by atoms with Gasteiger partial charge in [0.15, 0.2) is 5.13 Å². The minimum Gasteiger partial charge on any atom is -0.302 e. The van der Waals surface area contributed by atoms with Crippen molar-refractivity contribution in [3.05, 3.63) is 10.6 Å². The highest BCUT2D eigenvalue weighted by Crippen LogP contribution is 2.40. The summed E-state index contributed by atoms with van der Waals surface area (Å²) in [5, 5.41) is 3.26. The van der Waals surface area contributed by atoms with Gasteiger partial charge in [0.1, 0.15) is 0 Å². The Morgan fingerprint density at radius 1 is 1.39 bits per heavy atom. The molecule has 2 heterocycles. The Hall–Kier alpha value is -1.15. The van der Waals surface area contributed by atoms with Crippen LogP contribution in [0.25, 0.3) is 0 Å². The fourth-order valence-electron chi connectivity index (χ4n) is 3.31. The lowest BCUT2D eigenvalue weighted by Gasteiger charge is -2.29. The number of rotatable bonds is 2. The number of amides is 1. The number of carbonyl (C=O) groups is 1. The summed E-state index contributed by atoms with van der Waals surface area (Å²) in [5.74, 6) is -2.25. The Labute approximate surface area is 137 Å². The van der Waals surface area contributed by atoms with Gasteiger partial charge >= 0.3 is 6.18 Å². The quantitative estimate of drug-likeness (QED) is 0.891. The lowest BCUT2D eigenvalue weighted by Crippen LogP contribution is -2.34. The Morgan fingerprint density at radius 3 is 2.91 bits per heavy atom. The molecule has 1 N–H and O–H groups in total. The topological polar surface area (TPSA) is 45.2 Å². The van der Waals surface area contributed by atoms with E-state index in [1.165, 1.54) is 11.3 Å². The summed E-state index contributed by atoms with van der Waals surface area (Å²) < 4.78 is 38.5. The van der Waals surface area contributed by atoms with E-state index in [0.717, 1.165) is 30.1 Å². The molecule has 1 aliphatic carbocycles. The summed E-state index contributed by atoms with van der Waals surface area (Å²) in [6.07, 6.45) is -2.37. The molecule has 1 aliphatic heterocycles. The van der Waals surface area contributed by atoms with Crippen molar-refractivity contribution >= 4 is 22.4 Å². The smallest absolute Gasteiger partial charge is 0.302 e. The molecule has 0 saturated heterocycles. The number of nitrogens with one attached hydrogen (secondary N) is 1. The number of thiazole rings is 1. The summed E-state index contributed by atoms with van der Waals surface area (Å²) in [6.45, 7) is 1.74. The number of hydrogen-bond acceptors (Lipinski definition) is 4. The molecule has 0 unspecified atom stereocenters. The Bertz CT molecular complexity index is 587. The molecule has 1 amide bonds. The second-order valence-corrected chi connectivity index (χ2v) is 7.55. The normalized spacial score (nSPS) is 25.9. The SMILES string of the molecule is CN1CCc2nc(NC(=O)[C@@H]3CCC[C@H](C(F)(F)F)C3)sc2C1. The van der Waals surface area contributed by atoms with Gasteiger partial charge in [0.2, 0.25) is 5.91 Å². The second kappa shape index (κ2) is 6.39. The predicted molar refractivity (Wildman–Crippen MR) is 82.3 cm³/mol. The maximum absolute atomic E-state index is 12.8. The molecule has 1 fully saturated rings. The van der Waals surface area contributed by atoms with E-state index in [2.05, 4.69) is 15.2 Å². The lowest BCUT2D eigenvalue weighted by atomic mass is 9.80. The number of nitrogens with zero attached hydrogens (tertiary/aromatic N) is 2. The van der Waals surface area contributed by atoms with Crippen LogP contribution in [0.1, 0.15) is 36.3 Å². The van der Waals surface area contributed by atoms with E-state index in [-0.39, 0.29) is 18.7 Å². The highest BCUT2D eigenvalue weighted by molar-refractivity contribution is 7.15. The van der Waals surface area contributed by atoms with Gasteiger partial charge in [-0.15, -0.1) is 11.3 Å². The fraction of sp³-hybridized carbons (Fsp3) is 0.733. The molecule has 0 bridgehead atoms. The van der Waals surface area contributed by atoms with E-state index in [1.807, 2.05) is 7.05 Å². The molecule has 0 radical (unpaired) electrons. The van der Waals surface area contributed by atoms with Crippen LogP contribution in [0, 0.1) is 11.8 Å². The van der Waals surface area contributed by atoms with Crippen LogP contribution in [0.2, 0.25) is 0 Å². The van der Waals surface area contributed by atoms with Crippen molar-refractivity contribution in [1.29, 1.82) is 0 Å². The molecule has 0 spiro atoms. The summed E-state index contributed by atoms with van der Waals surface area (Å²) in [7, 11) is 2.03. The van der Waals surface area contributed by atoms with Gasteiger partial charge in [-0.3, -0.25) is 4.79 Å². The molecule has 0 aromatic carbocycles. The zero-order valence-electron chi connectivity index (χ0n) is 12.9. The van der Waals surface area contributed by atoms with Gasteiger partial charge in [-0.2, -0.15) is 13.2 Å². The number of likely N-dealkylation sites (N-methyl/N-ethyl adjacent to an activating group) is 1. The van der Waals surface area contributed by atoms with E-state index in [4.69, 9.17) is 0 Å². The molecule has 1 aromatic rings. The predicted octanol–water partition coefficient (Wildman–Crippen LogP) is 3.44. The third-order valence-corrected chi connectivity index (χ3v) is 5.66. The Kier molecular flexibility index (Phi) is 4.64. The van der Waals surface area contributed by atoms with Crippen molar-refractivity contribution in [2.24, 2.45) is 11.8 Å².